The number of piperidine rings is 1. The Morgan fingerprint density at radius 1 is 0.914 bits per heavy atom. The number of sulfonamides is 1. The van der Waals surface area contributed by atoms with E-state index in [1.165, 1.54) is 31.4 Å². The Bertz CT molecular complexity index is 1220. The van der Waals surface area contributed by atoms with Gasteiger partial charge in [-0.05, 0) is 74.7 Å². The summed E-state index contributed by atoms with van der Waals surface area (Å²) < 4.78 is 33.9. The normalized spacial score (nSPS) is 13.8. The summed E-state index contributed by atoms with van der Waals surface area (Å²) in [6, 6.07) is 22.6. The molecule has 0 saturated carbocycles. The topological polar surface area (TPSA) is 79.0 Å². The second kappa shape index (κ2) is 11.3. The number of hydrogen-bond donors (Lipinski definition) is 1. The zero-order valence-corrected chi connectivity index (χ0v) is 20.7. The molecule has 3 aromatic rings. The summed E-state index contributed by atoms with van der Waals surface area (Å²) in [5, 5.41) is 2.84. The van der Waals surface area contributed by atoms with Crippen molar-refractivity contribution in [1.29, 1.82) is 0 Å². The fraction of sp³-hybridized carbons (Fsp3) is 0.296. The van der Waals surface area contributed by atoms with Crippen molar-refractivity contribution in [2.75, 3.05) is 40.8 Å². The number of nitrogens with zero attached hydrogens (tertiary/aromatic N) is 2. The van der Waals surface area contributed by atoms with Gasteiger partial charge in [-0.25, -0.2) is 8.42 Å². The first-order valence-electron chi connectivity index (χ1n) is 11.9. The summed E-state index contributed by atoms with van der Waals surface area (Å²) in [4.78, 5) is 15.5. The molecule has 0 unspecified atom stereocenters. The zero-order chi connectivity index (χ0) is 24.7. The molecule has 1 aliphatic rings. The van der Waals surface area contributed by atoms with Crippen molar-refractivity contribution in [3.63, 3.8) is 0 Å². The van der Waals surface area contributed by atoms with E-state index in [4.69, 9.17) is 4.74 Å². The Labute approximate surface area is 207 Å². The molecular weight excluding hydrogens is 462 g/mol. The van der Waals surface area contributed by atoms with Crippen molar-refractivity contribution in [2.45, 2.75) is 31.1 Å². The van der Waals surface area contributed by atoms with E-state index >= 15 is 0 Å². The molecule has 0 atom stereocenters. The Morgan fingerprint density at radius 2 is 1.57 bits per heavy atom. The minimum absolute atomic E-state index is 0.102. The average Bonchev–Trinajstić information content (AvgIpc) is 2.89. The number of ether oxygens (including phenoxy) is 1. The lowest BCUT2D eigenvalue weighted by Gasteiger charge is -2.29. The van der Waals surface area contributed by atoms with Crippen molar-refractivity contribution >= 4 is 33.0 Å². The smallest absolute Gasteiger partial charge is 0.264 e. The molecule has 8 heteroatoms. The molecule has 0 spiro atoms. The van der Waals surface area contributed by atoms with Crippen LogP contribution in [0.15, 0.2) is 83.8 Å². The third kappa shape index (κ3) is 5.95. The lowest BCUT2D eigenvalue weighted by Crippen LogP contribution is -2.38. The Kier molecular flexibility index (Phi) is 7.92. The first-order chi connectivity index (χ1) is 17.0. The second-order valence-electron chi connectivity index (χ2n) is 8.37. The predicted molar refractivity (Wildman–Crippen MR) is 140 cm³/mol. The molecule has 3 aromatic carbocycles. The molecule has 1 saturated heterocycles. The van der Waals surface area contributed by atoms with Crippen molar-refractivity contribution in [2.24, 2.45) is 0 Å². The summed E-state index contributed by atoms with van der Waals surface area (Å²) in [6.45, 7) is 3.88. The van der Waals surface area contributed by atoms with Gasteiger partial charge >= 0.3 is 0 Å². The predicted octanol–water partition coefficient (Wildman–Crippen LogP) is 4.91. The highest BCUT2D eigenvalue weighted by Gasteiger charge is 2.29. The van der Waals surface area contributed by atoms with Gasteiger partial charge in [0, 0.05) is 24.5 Å². The van der Waals surface area contributed by atoms with E-state index in [9.17, 15) is 13.2 Å². The van der Waals surface area contributed by atoms with Crippen LogP contribution >= 0.6 is 0 Å². The van der Waals surface area contributed by atoms with Crippen LogP contribution in [0.1, 0.15) is 26.2 Å². The number of hydrogen-bond acceptors (Lipinski definition) is 5. The minimum atomic E-state index is -4.02. The standard InChI is InChI=1S/C27H31N3O4S/c1-2-34-26-14-8-7-13-25(26)30(35(32,33)24-11-5-3-6-12-24)21-27(31)28-22-15-17-23(18-16-22)29-19-9-4-10-20-29/h3,5-8,11-18H,2,4,9-10,19-21H2,1H3,(H,28,31). The Hall–Kier alpha value is -3.52. The minimum Gasteiger partial charge on any atom is -0.492 e. The van der Waals surface area contributed by atoms with Gasteiger partial charge in [-0.1, -0.05) is 30.3 Å². The molecule has 0 aromatic heterocycles. The van der Waals surface area contributed by atoms with Crippen LogP contribution in [0.5, 0.6) is 5.75 Å². The van der Waals surface area contributed by atoms with Crippen molar-refractivity contribution in [3.05, 3.63) is 78.9 Å². The molecular formula is C27H31N3O4S. The van der Waals surface area contributed by atoms with Gasteiger partial charge in [-0.2, -0.15) is 0 Å². The molecule has 4 rings (SSSR count). The molecule has 1 aliphatic heterocycles. The molecule has 7 nitrogen and oxygen atoms in total. The van der Waals surface area contributed by atoms with Crippen LogP contribution in [0, 0.1) is 0 Å². The van der Waals surface area contributed by atoms with E-state index in [0.717, 1.165) is 23.1 Å². The zero-order valence-electron chi connectivity index (χ0n) is 19.9. The van der Waals surface area contributed by atoms with Gasteiger partial charge < -0.3 is 15.0 Å². The molecule has 1 amide bonds. The van der Waals surface area contributed by atoms with Crippen LogP contribution < -0.4 is 19.3 Å². The lowest BCUT2D eigenvalue weighted by molar-refractivity contribution is -0.114. The van der Waals surface area contributed by atoms with Gasteiger partial charge in [-0.15, -0.1) is 0 Å². The van der Waals surface area contributed by atoms with Crippen molar-refractivity contribution in [1.82, 2.24) is 0 Å². The van der Waals surface area contributed by atoms with Gasteiger partial charge in [0.2, 0.25) is 5.91 Å². The summed E-state index contributed by atoms with van der Waals surface area (Å²) >= 11 is 0. The van der Waals surface area contributed by atoms with Crippen LogP contribution in [-0.4, -0.2) is 40.6 Å². The first kappa shape index (κ1) is 24.6. The lowest BCUT2D eigenvalue weighted by atomic mass is 10.1. The number of carbonyl (C=O) groups is 1. The van der Waals surface area contributed by atoms with E-state index < -0.39 is 22.5 Å². The first-order valence-corrected chi connectivity index (χ1v) is 13.4. The fourth-order valence-electron chi connectivity index (χ4n) is 4.20. The summed E-state index contributed by atoms with van der Waals surface area (Å²) in [6.07, 6.45) is 3.64. The highest BCUT2D eigenvalue weighted by molar-refractivity contribution is 7.92. The van der Waals surface area contributed by atoms with E-state index in [0.29, 0.717) is 23.7 Å². The molecule has 1 heterocycles. The van der Waals surface area contributed by atoms with Gasteiger partial charge in [-0.3, -0.25) is 9.10 Å². The van der Waals surface area contributed by atoms with Gasteiger partial charge in [0.15, 0.2) is 0 Å². The summed E-state index contributed by atoms with van der Waals surface area (Å²) in [5.41, 5.74) is 2.06. The monoisotopic (exact) mass is 493 g/mol. The largest absolute Gasteiger partial charge is 0.492 e. The third-order valence-electron chi connectivity index (χ3n) is 5.92. The summed E-state index contributed by atoms with van der Waals surface area (Å²) in [7, 11) is -4.02. The van der Waals surface area contributed by atoms with Crippen LogP contribution in [0.25, 0.3) is 0 Å². The summed E-state index contributed by atoms with van der Waals surface area (Å²) in [5.74, 6) is -0.0466. The van der Waals surface area contributed by atoms with Crippen LogP contribution in [-0.2, 0) is 14.8 Å². The number of nitrogens with one attached hydrogen (secondary N) is 1. The second-order valence-corrected chi connectivity index (χ2v) is 10.2. The third-order valence-corrected chi connectivity index (χ3v) is 7.70. The number of benzene rings is 3. The molecule has 1 fully saturated rings. The van der Waals surface area contributed by atoms with Gasteiger partial charge in [0.25, 0.3) is 10.0 Å². The Balaban J connectivity index is 1.57. The van der Waals surface area contributed by atoms with Crippen LogP contribution in [0.2, 0.25) is 0 Å². The van der Waals surface area contributed by atoms with E-state index in [1.54, 1.807) is 42.5 Å². The molecule has 0 aliphatic carbocycles. The number of para-hydroxylation sites is 2. The number of amides is 1. The molecule has 184 valence electrons. The highest BCUT2D eigenvalue weighted by atomic mass is 32.2. The molecule has 0 bridgehead atoms. The maximum absolute atomic E-state index is 13.6. The number of carbonyl (C=O) groups excluding carboxylic acids is 1. The highest BCUT2D eigenvalue weighted by Crippen LogP contribution is 2.32. The number of rotatable bonds is 9. The van der Waals surface area contributed by atoms with Crippen molar-refractivity contribution in [3.8, 4) is 5.75 Å². The molecule has 0 radical (unpaired) electrons. The average molecular weight is 494 g/mol. The van der Waals surface area contributed by atoms with Crippen molar-refractivity contribution < 1.29 is 17.9 Å². The van der Waals surface area contributed by atoms with Crippen LogP contribution in [0.3, 0.4) is 0 Å². The number of anilines is 3. The fourth-order valence-corrected chi connectivity index (χ4v) is 5.65. The quantitative estimate of drug-likeness (QED) is 0.458. The molecule has 35 heavy (non-hydrogen) atoms. The maximum Gasteiger partial charge on any atom is 0.264 e. The Morgan fingerprint density at radius 3 is 2.26 bits per heavy atom. The van der Waals surface area contributed by atoms with Gasteiger partial charge in [0.05, 0.1) is 17.2 Å². The maximum atomic E-state index is 13.6. The van der Waals surface area contributed by atoms with Crippen LogP contribution in [0.4, 0.5) is 17.1 Å². The van der Waals surface area contributed by atoms with Gasteiger partial charge in [0.1, 0.15) is 12.3 Å². The SMILES string of the molecule is CCOc1ccccc1N(CC(=O)Nc1ccc(N2CCCCC2)cc1)S(=O)(=O)c1ccccc1. The van der Waals surface area contributed by atoms with E-state index in [-0.39, 0.29) is 4.90 Å². The van der Waals surface area contributed by atoms with E-state index in [1.807, 2.05) is 31.2 Å². The van der Waals surface area contributed by atoms with E-state index in [2.05, 4.69) is 10.2 Å². The molecule has 1 N–H and O–H groups in total.